The number of benzene rings is 1. The standard InChI is InChI=1S/C20H19N3O4/c1-14(19(25)23-20-21-12-5-13-22-20)26-18(24)11-9-16-8-10-17(27-16)15-6-3-2-4-7-15/h2-8,10,12-14H,9,11H2,1H3,(H,21,22,23,25). The molecule has 7 nitrogen and oxygen atoms in total. The average Bonchev–Trinajstić information content (AvgIpc) is 3.17. The summed E-state index contributed by atoms with van der Waals surface area (Å²) in [5.41, 5.74) is 0.972. The SMILES string of the molecule is CC(OC(=O)CCc1ccc(-c2ccccc2)o1)C(=O)Nc1ncccn1. The molecule has 3 aromatic rings. The molecule has 2 heterocycles. The number of rotatable bonds is 7. The van der Waals surface area contributed by atoms with Gasteiger partial charge >= 0.3 is 5.97 Å². The number of nitrogens with zero attached hydrogens (tertiary/aromatic N) is 2. The first-order valence-corrected chi connectivity index (χ1v) is 8.53. The van der Waals surface area contributed by atoms with Crippen molar-refractivity contribution < 1.29 is 18.7 Å². The summed E-state index contributed by atoms with van der Waals surface area (Å²) in [7, 11) is 0. The van der Waals surface area contributed by atoms with E-state index < -0.39 is 18.0 Å². The first-order chi connectivity index (χ1) is 13.1. The zero-order valence-electron chi connectivity index (χ0n) is 14.8. The number of furan rings is 1. The van der Waals surface area contributed by atoms with E-state index in [1.807, 2.05) is 42.5 Å². The van der Waals surface area contributed by atoms with Gasteiger partial charge in [0.15, 0.2) is 6.10 Å². The van der Waals surface area contributed by atoms with Crippen LogP contribution in [-0.2, 0) is 20.7 Å². The molecular formula is C20H19N3O4. The van der Waals surface area contributed by atoms with Gasteiger partial charge in [0, 0.05) is 24.4 Å². The molecule has 0 spiro atoms. The lowest BCUT2D eigenvalue weighted by Crippen LogP contribution is -2.30. The summed E-state index contributed by atoms with van der Waals surface area (Å²) < 4.78 is 10.9. The summed E-state index contributed by atoms with van der Waals surface area (Å²) in [6.07, 6.45) is 2.57. The van der Waals surface area contributed by atoms with Crippen molar-refractivity contribution in [3.05, 3.63) is 66.7 Å². The topological polar surface area (TPSA) is 94.3 Å². The molecule has 1 atom stereocenters. The maximum Gasteiger partial charge on any atom is 0.307 e. The Balaban J connectivity index is 1.47. The van der Waals surface area contributed by atoms with Gasteiger partial charge in [0.05, 0.1) is 6.42 Å². The fourth-order valence-electron chi connectivity index (χ4n) is 2.38. The molecule has 0 aliphatic carbocycles. The highest BCUT2D eigenvalue weighted by Crippen LogP contribution is 2.22. The van der Waals surface area contributed by atoms with Gasteiger partial charge in [0.2, 0.25) is 5.95 Å². The zero-order valence-corrected chi connectivity index (χ0v) is 14.8. The van der Waals surface area contributed by atoms with Gasteiger partial charge in [-0.25, -0.2) is 9.97 Å². The van der Waals surface area contributed by atoms with Crippen molar-refractivity contribution in [1.29, 1.82) is 0 Å². The van der Waals surface area contributed by atoms with Gasteiger partial charge in [-0.15, -0.1) is 0 Å². The largest absolute Gasteiger partial charge is 0.461 e. The summed E-state index contributed by atoms with van der Waals surface area (Å²) >= 11 is 0. The van der Waals surface area contributed by atoms with Crippen LogP contribution in [0.25, 0.3) is 11.3 Å². The quantitative estimate of drug-likeness (QED) is 0.646. The minimum absolute atomic E-state index is 0.112. The van der Waals surface area contributed by atoms with E-state index in [1.165, 1.54) is 19.3 Å². The van der Waals surface area contributed by atoms with E-state index in [-0.39, 0.29) is 12.4 Å². The Bertz CT molecular complexity index is 894. The molecule has 0 bridgehead atoms. The molecule has 0 saturated heterocycles. The van der Waals surface area contributed by atoms with Crippen LogP contribution in [0.3, 0.4) is 0 Å². The van der Waals surface area contributed by atoms with Crippen molar-refractivity contribution in [1.82, 2.24) is 9.97 Å². The minimum Gasteiger partial charge on any atom is -0.461 e. The predicted octanol–water partition coefficient (Wildman–Crippen LogP) is 3.24. The van der Waals surface area contributed by atoms with E-state index >= 15 is 0 Å². The van der Waals surface area contributed by atoms with Gasteiger partial charge in [-0.2, -0.15) is 0 Å². The Labute approximate surface area is 156 Å². The molecule has 27 heavy (non-hydrogen) atoms. The summed E-state index contributed by atoms with van der Waals surface area (Å²) in [5, 5.41) is 2.49. The molecule has 1 aromatic carbocycles. The summed E-state index contributed by atoms with van der Waals surface area (Å²) in [6.45, 7) is 1.50. The highest BCUT2D eigenvalue weighted by atomic mass is 16.5. The number of hydrogen-bond acceptors (Lipinski definition) is 6. The lowest BCUT2D eigenvalue weighted by molar-refractivity contribution is -0.153. The molecule has 1 unspecified atom stereocenters. The number of anilines is 1. The monoisotopic (exact) mass is 365 g/mol. The normalized spacial score (nSPS) is 11.6. The van der Waals surface area contributed by atoms with Crippen molar-refractivity contribution in [3.8, 4) is 11.3 Å². The van der Waals surface area contributed by atoms with Gasteiger partial charge in [0.1, 0.15) is 11.5 Å². The third-order valence-corrected chi connectivity index (χ3v) is 3.77. The molecule has 0 fully saturated rings. The zero-order chi connectivity index (χ0) is 19.1. The molecule has 2 aromatic heterocycles. The smallest absolute Gasteiger partial charge is 0.307 e. The van der Waals surface area contributed by atoms with E-state index in [0.717, 1.165) is 11.3 Å². The van der Waals surface area contributed by atoms with Crippen LogP contribution >= 0.6 is 0 Å². The molecule has 7 heteroatoms. The van der Waals surface area contributed by atoms with Gasteiger partial charge in [-0.1, -0.05) is 30.3 Å². The molecule has 3 rings (SSSR count). The Hall–Kier alpha value is -3.48. The minimum atomic E-state index is -0.946. The highest BCUT2D eigenvalue weighted by molar-refractivity contribution is 5.93. The summed E-state index contributed by atoms with van der Waals surface area (Å²) in [4.78, 5) is 31.8. The first-order valence-electron chi connectivity index (χ1n) is 8.53. The van der Waals surface area contributed by atoms with Crippen molar-refractivity contribution in [2.45, 2.75) is 25.9 Å². The second kappa shape index (κ2) is 8.75. The van der Waals surface area contributed by atoms with Crippen LogP contribution in [0.4, 0.5) is 5.95 Å². The van der Waals surface area contributed by atoms with Crippen LogP contribution in [0.1, 0.15) is 19.1 Å². The number of aromatic nitrogens is 2. The second-order valence-electron chi connectivity index (χ2n) is 5.83. The second-order valence-corrected chi connectivity index (χ2v) is 5.83. The Morgan fingerprint density at radius 2 is 1.81 bits per heavy atom. The van der Waals surface area contributed by atoms with E-state index in [9.17, 15) is 9.59 Å². The number of esters is 1. The fourth-order valence-corrected chi connectivity index (χ4v) is 2.38. The van der Waals surface area contributed by atoms with Crippen molar-refractivity contribution in [3.63, 3.8) is 0 Å². The van der Waals surface area contributed by atoms with E-state index in [4.69, 9.17) is 9.15 Å². The van der Waals surface area contributed by atoms with Crippen LogP contribution in [0.2, 0.25) is 0 Å². The lowest BCUT2D eigenvalue weighted by atomic mass is 10.2. The van der Waals surface area contributed by atoms with Gasteiger partial charge in [-0.05, 0) is 25.1 Å². The van der Waals surface area contributed by atoms with Crippen molar-refractivity contribution >= 4 is 17.8 Å². The number of hydrogen-bond donors (Lipinski definition) is 1. The third kappa shape index (κ3) is 5.24. The van der Waals surface area contributed by atoms with Gasteiger partial charge < -0.3 is 9.15 Å². The maximum atomic E-state index is 12.0. The molecule has 138 valence electrons. The highest BCUT2D eigenvalue weighted by Gasteiger charge is 2.19. The molecule has 0 aliphatic rings. The van der Waals surface area contributed by atoms with Crippen LogP contribution in [0, 0.1) is 0 Å². The van der Waals surface area contributed by atoms with Gasteiger partial charge in [0.25, 0.3) is 5.91 Å². The number of carbonyl (C=O) groups excluding carboxylic acids is 2. The number of nitrogens with one attached hydrogen (secondary N) is 1. The van der Waals surface area contributed by atoms with Crippen LogP contribution < -0.4 is 5.32 Å². The van der Waals surface area contributed by atoms with Crippen molar-refractivity contribution in [2.75, 3.05) is 5.32 Å². The number of ether oxygens (including phenoxy) is 1. The van der Waals surface area contributed by atoms with E-state index in [0.29, 0.717) is 12.2 Å². The molecule has 0 radical (unpaired) electrons. The Morgan fingerprint density at radius 3 is 2.56 bits per heavy atom. The fraction of sp³-hybridized carbons (Fsp3) is 0.200. The molecule has 1 amide bonds. The summed E-state index contributed by atoms with van der Waals surface area (Å²) in [6, 6.07) is 15.0. The first kappa shape index (κ1) is 18.3. The lowest BCUT2D eigenvalue weighted by Gasteiger charge is -2.12. The molecule has 1 N–H and O–H groups in total. The molecule has 0 aliphatic heterocycles. The molecular weight excluding hydrogens is 346 g/mol. The number of aryl methyl sites for hydroxylation is 1. The van der Waals surface area contributed by atoms with E-state index in [2.05, 4.69) is 15.3 Å². The summed E-state index contributed by atoms with van der Waals surface area (Å²) in [5.74, 6) is 0.618. The number of amides is 1. The van der Waals surface area contributed by atoms with Gasteiger partial charge in [-0.3, -0.25) is 14.9 Å². The third-order valence-electron chi connectivity index (χ3n) is 3.77. The maximum absolute atomic E-state index is 12.0. The van der Waals surface area contributed by atoms with Crippen LogP contribution in [-0.4, -0.2) is 27.9 Å². The Morgan fingerprint density at radius 1 is 1.07 bits per heavy atom. The predicted molar refractivity (Wildman–Crippen MR) is 98.7 cm³/mol. The number of carbonyl (C=O) groups is 2. The van der Waals surface area contributed by atoms with E-state index in [1.54, 1.807) is 6.07 Å². The van der Waals surface area contributed by atoms with Crippen molar-refractivity contribution in [2.24, 2.45) is 0 Å². The van der Waals surface area contributed by atoms with Crippen LogP contribution in [0.15, 0.2) is 65.3 Å². The van der Waals surface area contributed by atoms with Crippen LogP contribution in [0.5, 0.6) is 0 Å². The molecule has 0 saturated carbocycles. The Kier molecular flexibility index (Phi) is 5.94. The average molecular weight is 365 g/mol.